The predicted molar refractivity (Wildman–Crippen MR) is 161 cm³/mol. The summed E-state index contributed by atoms with van der Waals surface area (Å²) in [7, 11) is 0. The summed E-state index contributed by atoms with van der Waals surface area (Å²) in [4.78, 5) is 44.1. The SMILES string of the molecule is C=C[C@]1(C)C[C@@H](OC(=O)CSc2nc(N)n(C(=O)c3ccc(C)cc3)n2)[C@]2(C)[C@H](C)CC[C@]3(CCC(=O)[C@H]32)[C@@H](C)[C@@H]1O. The van der Waals surface area contributed by atoms with Crippen LogP contribution in [0.1, 0.15) is 75.7 Å². The Bertz CT molecular complexity index is 1410. The fourth-order valence-electron chi connectivity index (χ4n) is 8.15. The number of carbonyl (C=O) groups excluding carboxylic acids is 3. The molecule has 2 bridgehead atoms. The molecule has 3 fully saturated rings. The Kier molecular flexibility index (Phi) is 7.94. The van der Waals surface area contributed by atoms with Gasteiger partial charge in [-0.05, 0) is 62.0 Å². The van der Waals surface area contributed by atoms with E-state index >= 15 is 0 Å². The van der Waals surface area contributed by atoms with Crippen LogP contribution in [-0.2, 0) is 14.3 Å². The Morgan fingerprint density at radius 3 is 2.60 bits per heavy atom. The van der Waals surface area contributed by atoms with Crippen molar-refractivity contribution in [2.45, 2.75) is 84.1 Å². The maximum atomic E-state index is 13.6. The van der Waals surface area contributed by atoms with Crippen molar-refractivity contribution >= 4 is 35.4 Å². The molecule has 0 unspecified atom stereocenters. The van der Waals surface area contributed by atoms with E-state index in [9.17, 15) is 19.5 Å². The van der Waals surface area contributed by atoms with Gasteiger partial charge in [0.2, 0.25) is 11.1 Å². The molecule has 226 valence electrons. The molecule has 0 spiro atoms. The zero-order valence-corrected chi connectivity index (χ0v) is 25.9. The first-order chi connectivity index (χ1) is 19.8. The van der Waals surface area contributed by atoms with E-state index in [4.69, 9.17) is 10.5 Å². The van der Waals surface area contributed by atoms with E-state index in [2.05, 4.69) is 37.4 Å². The lowest BCUT2D eigenvalue weighted by molar-refractivity contribution is -0.205. The zero-order valence-electron chi connectivity index (χ0n) is 25.1. The number of aryl methyl sites for hydroxylation is 1. The van der Waals surface area contributed by atoms with Crippen LogP contribution in [-0.4, -0.2) is 55.5 Å². The number of esters is 1. The first-order valence-electron chi connectivity index (χ1n) is 14.8. The number of nitrogens with zero attached hydrogens (tertiary/aromatic N) is 3. The number of ether oxygens (including phenoxy) is 1. The van der Waals surface area contributed by atoms with E-state index in [1.807, 2.05) is 26.0 Å². The number of Topliss-reactive ketones (excluding diaryl/α,β-unsaturated/α-hetero) is 1. The predicted octanol–water partition coefficient (Wildman–Crippen LogP) is 4.86. The largest absolute Gasteiger partial charge is 0.461 e. The van der Waals surface area contributed by atoms with Gasteiger partial charge in [0.25, 0.3) is 5.91 Å². The van der Waals surface area contributed by atoms with Crippen molar-refractivity contribution < 1.29 is 24.2 Å². The average molecular weight is 595 g/mol. The standard InChI is InChI=1S/C32H42N4O5S/c1-7-30(5)16-23(31(6)19(3)12-14-32(20(4)26(30)39)15-13-22(37)25(31)32)41-24(38)17-42-29-34-28(33)36(35-29)27(40)21-10-8-18(2)9-11-21/h7-11,19-20,23,25-26,39H,1,12-17H2,2-6H3,(H2,33,34,35)/t19-,20+,23-,25+,26+,30-,31+,32+/m1/s1. The second-order valence-electron chi connectivity index (χ2n) is 13.2. The fourth-order valence-corrected chi connectivity index (χ4v) is 8.76. The van der Waals surface area contributed by atoms with Crippen LogP contribution in [0.2, 0.25) is 0 Å². The zero-order chi connectivity index (χ0) is 30.6. The molecule has 3 aliphatic rings. The van der Waals surface area contributed by atoms with Crippen LogP contribution < -0.4 is 5.73 Å². The molecule has 1 aromatic heterocycles. The lowest BCUT2D eigenvalue weighted by atomic mass is 9.44. The van der Waals surface area contributed by atoms with Crippen molar-refractivity contribution in [3.63, 3.8) is 0 Å². The van der Waals surface area contributed by atoms with Crippen LogP contribution in [0.4, 0.5) is 5.95 Å². The van der Waals surface area contributed by atoms with E-state index in [1.54, 1.807) is 18.2 Å². The highest BCUT2D eigenvalue weighted by Gasteiger charge is 2.68. The van der Waals surface area contributed by atoms with Crippen LogP contribution in [0.5, 0.6) is 0 Å². The third-order valence-corrected chi connectivity index (χ3v) is 11.8. The Balaban J connectivity index is 1.38. The lowest BCUT2D eigenvalue weighted by Gasteiger charge is -2.61. The van der Waals surface area contributed by atoms with E-state index in [1.165, 1.54) is 0 Å². The molecule has 3 aliphatic carbocycles. The van der Waals surface area contributed by atoms with Gasteiger partial charge in [-0.15, -0.1) is 11.7 Å². The summed E-state index contributed by atoms with van der Waals surface area (Å²) >= 11 is 1.04. The van der Waals surface area contributed by atoms with Gasteiger partial charge in [0.1, 0.15) is 11.9 Å². The second-order valence-corrected chi connectivity index (χ2v) is 14.1. The normalized spacial score (nSPS) is 36.0. The maximum Gasteiger partial charge on any atom is 0.316 e. The van der Waals surface area contributed by atoms with Crippen molar-refractivity contribution in [2.75, 3.05) is 11.5 Å². The summed E-state index contributed by atoms with van der Waals surface area (Å²) in [5.74, 6) is -1.08. The molecular weight excluding hydrogens is 552 g/mol. The van der Waals surface area contributed by atoms with Crippen LogP contribution >= 0.6 is 11.8 Å². The van der Waals surface area contributed by atoms with E-state index in [-0.39, 0.29) is 45.8 Å². The van der Waals surface area contributed by atoms with Crippen LogP contribution in [0.15, 0.2) is 42.1 Å². The third-order valence-electron chi connectivity index (χ3n) is 11.0. The van der Waals surface area contributed by atoms with Gasteiger partial charge < -0.3 is 15.6 Å². The minimum atomic E-state index is -0.723. The van der Waals surface area contributed by atoms with Crippen molar-refractivity contribution in [2.24, 2.45) is 34.0 Å². The van der Waals surface area contributed by atoms with Crippen molar-refractivity contribution in [3.05, 3.63) is 48.0 Å². The molecule has 2 aromatic rings. The monoisotopic (exact) mass is 594 g/mol. The average Bonchev–Trinajstić information content (AvgIpc) is 3.52. The van der Waals surface area contributed by atoms with Gasteiger partial charge >= 0.3 is 5.97 Å². The number of rotatable bonds is 6. The number of carbonyl (C=O) groups is 3. The Labute approximate surface area is 251 Å². The summed E-state index contributed by atoms with van der Waals surface area (Å²) in [6.45, 7) is 14.3. The minimum absolute atomic E-state index is 0.0686. The molecule has 3 N–H and O–H groups in total. The molecule has 0 aliphatic heterocycles. The highest BCUT2D eigenvalue weighted by atomic mass is 32.2. The van der Waals surface area contributed by atoms with E-state index in [0.29, 0.717) is 18.4 Å². The molecule has 9 nitrogen and oxygen atoms in total. The Hall–Kier alpha value is -2.98. The van der Waals surface area contributed by atoms with E-state index < -0.39 is 34.9 Å². The number of anilines is 1. The van der Waals surface area contributed by atoms with Crippen LogP contribution in [0, 0.1) is 40.9 Å². The molecular formula is C32H42N4O5S. The summed E-state index contributed by atoms with van der Waals surface area (Å²) in [6.07, 6.45) is 3.84. The minimum Gasteiger partial charge on any atom is -0.461 e. The molecule has 1 heterocycles. The number of ketones is 1. The summed E-state index contributed by atoms with van der Waals surface area (Å²) in [5, 5.41) is 16.1. The molecule has 42 heavy (non-hydrogen) atoms. The van der Waals surface area contributed by atoms with Gasteiger partial charge in [-0.3, -0.25) is 14.4 Å². The van der Waals surface area contributed by atoms with Crippen molar-refractivity contribution in [3.8, 4) is 0 Å². The van der Waals surface area contributed by atoms with Gasteiger partial charge in [0, 0.05) is 28.7 Å². The quantitative estimate of drug-likeness (QED) is 0.273. The highest BCUT2D eigenvalue weighted by Crippen LogP contribution is 2.68. The van der Waals surface area contributed by atoms with Crippen LogP contribution in [0.25, 0.3) is 0 Å². The molecule has 10 heteroatoms. The smallest absolute Gasteiger partial charge is 0.316 e. The number of aliphatic hydroxyl groups is 1. The first kappa shape index (κ1) is 30.5. The first-order valence-corrected chi connectivity index (χ1v) is 15.8. The molecule has 3 saturated carbocycles. The molecule has 5 rings (SSSR count). The van der Waals surface area contributed by atoms with Crippen molar-refractivity contribution in [1.29, 1.82) is 0 Å². The van der Waals surface area contributed by atoms with Gasteiger partial charge in [0.05, 0.1) is 11.9 Å². The number of aliphatic hydroxyl groups excluding tert-OH is 1. The summed E-state index contributed by atoms with van der Waals surface area (Å²) in [6, 6.07) is 7.05. The molecule has 0 amide bonds. The van der Waals surface area contributed by atoms with Crippen LogP contribution in [0.3, 0.4) is 0 Å². The number of nitrogen functional groups attached to an aromatic ring is 1. The Morgan fingerprint density at radius 1 is 1.24 bits per heavy atom. The maximum absolute atomic E-state index is 13.6. The number of thioether (sulfide) groups is 1. The summed E-state index contributed by atoms with van der Waals surface area (Å²) < 4.78 is 7.30. The fraction of sp³-hybridized carbons (Fsp3) is 0.594. The molecule has 1 aromatic carbocycles. The molecule has 8 atom stereocenters. The van der Waals surface area contributed by atoms with Gasteiger partial charge in [-0.25, -0.2) is 0 Å². The summed E-state index contributed by atoms with van der Waals surface area (Å²) in [5.41, 5.74) is 5.81. The van der Waals surface area contributed by atoms with Gasteiger partial charge in [-0.1, -0.05) is 63.2 Å². The number of benzene rings is 1. The third kappa shape index (κ3) is 4.80. The number of hydrogen-bond acceptors (Lipinski definition) is 9. The highest BCUT2D eigenvalue weighted by molar-refractivity contribution is 7.99. The van der Waals surface area contributed by atoms with Gasteiger partial charge in [0.15, 0.2) is 0 Å². The lowest BCUT2D eigenvalue weighted by Crippen LogP contribution is -2.63. The number of nitrogens with two attached hydrogens (primary N) is 1. The van der Waals surface area contributed by atoms with E-state index in [0.717, 1.165) is 41.3 Å². The van der Waals surface area contributed by atoms with Crippen molar-refractivity contribution in [1.82, 2.24) is 14.8 Å². The number of hydrogen-bond donors (Lipinski definition) is 2. The Morgan fingerprint density at radius 2 is 1.93 bits per heavy atom. The topological polar surface area (TPSA) is 137 Å². The number of aromatic nitrogens is 3. The molecule has 0 radical (unpaired) electrons. The second kappa shape index (κ2) is 10.9. The molecule has 0 saturated heterocycles. The van der Waals surface area contributed by atoms with Gasteiger partial charge in [-0.2, -0.15) is 9.67 Å².